The molecular formula is C21H28N2O3. The average Bonchev–Trinajstić information content (AvgIpc) is 3.03. The molecule has 0 saturated carbocycles. The molecule has 1 saturated heterocycles. The summed E-state index contributed by atoms with van der Waals surface area (Å²) in [7, 11) is 0. The maximum absolute atomic E-state index is 12.4. The van der Waals surface area contributed by atoms with Gasteiger partial charge in [-0.1, -0.05) is 18.2 Å². The van der Waals surface area contributed by atoms with Crippen molar-refractivity contribution in [3.05, 3.63) is 36.0 Å². The number of H-pyrrole nitrogens is 1. The normalized spacial score (nSPS) is 20.3. The van der Waals surface area contributed by atoms with Gasteiger partial charge in [-0.15, -0.1) is 0 Å². The van der Waals surface area contributed by atoms with Gasteiger partial charge in [-0.2, -0.15) is 0 Å². The summed E-state index contributed by atoms with van der Waals surface area (Å²) in [6.45, 7) is 3.99. The number of ether oxygens (including phenoxy) is 1. The van der Waals surface area contributed by atoms with E-state index in [4.69, 9.17) is 4.74 Å². The van der Waals surface area contributed by atoms with Crippen LogP contribution in [0.15, 0.2) is 30.5 Å². The van der Waals surface area contributed by atoms with Crippen molar-refractivity contribution in [3.63, 3.8) is 0 Å². The van der Waals surface area contributed by atoms with E-state index >= 15 is 0 Å². The molecule has 1 fully saturated rings. The number of aromatic amines is 1. The number of fused-ring (bicyclic) bond motifs is 1. The van der Waals surface area contributed by atoms with Crippen molar-refractivity contribution >= 4 is 22.8 Å². The van der Waals surface area contributed by atoms with Crippen LogP contribution in [0.2, 0.25) is 0 Å². The SMILES string of the molecule is C[C@H]1CCC[C@H](C)N1C(=O)COC(=O)CCCc1c[nH]c2ccccc12. The lowest BCUT2D eigenvalue weighted by atomic mass is 9.97. The molecule has 1 amide bonds. The van der Waals surface area contributed by atoms with Gasteiger partial charge in [0.05, 0.1) is 0 Å². The zero-order chi connectivity index (χ0) is 18.5. The Hall–Kier alpha value is -2.30. The van der Waals surface area contributed by atoms with E-state index in [0.717, 1.165) is 31.2 Å². The monoisotopic (exact) mass is 356 g/mol. The zero-order valence-electron chi connectivity index (χ0n) is 15.7. The molecule has 5 heteroatoms. The third kappa shape index (κ3) is 4.26. The van der Waals surface area contributed by atoms with Crippen LogP contribution in [0.5, 0.6) is 0 Å². The molecule has 2 atom stereocenters. The van der Waals surface area contributed by atoms with E-state index in [-0.39, 0.29) is 30.6 Å². The van der Waals surface area contributed by atoms with E-state index in [9.17, 15) is 9.59 Å². The van der Waals surface area contributed by atoms with Crippen molar-refractivity contribution in [1.29, 1.82) is 0 Å². The van der Waals surface area contributed by atoms with Crippen molar-refractivity contribution in [2.45, 2.75) is 64.5 Å². The molecule has 26 heavy (non-hydrogen) atoms. The van der Waals surface area contributed by atoms with Crippen LogP contribution in [0.4, 0.5) is 0 Å². The average molecular weight is 356 g/mol. The number of carbonyl (C=O) groups excluding carboxylic acids is 2. The lowest BCUT2D eigenvalue weighted by Gasteiger charge is -2.38. The Kier molecular flexibility index (Phi) is 5.96. The topological polar surface area (TPSA) is 62.4 Å². The Morgan fingerprint density at radius 3 is 2.69 bits per heavy atom. The number of aromatic nitrogens is 1. The van der Waals surface area contributed by atoms with Crippen LogP contribution in [0.3, 0.4) is 0 Å². The van der Waals surface area contributed by atoms with E-state index in [1.807, 2.05) is 29.3 Å². The van der Waals surface area contributed by atoms with Crippen molar-refractivity contribution in [2.24, 2.45) is 0 Å². The Morgan fingerprint density at radius 1 is 1.19 bits per heavy atom. The van der Waals surface area contributed by atoms with Gasteiger partial charge in [-0.3, -0.25) is 9.59 Å². The molecule has 5 nitrogen and oxygen atoms in total. The Balaban J connectivity index is 1.42. The number of carbonyl (C=O) groups is 2. The van der Waals surface area contributed by atoms with E-state index in [1.165, 1.54) is 10.9 Å². The second-order valence-electron chi connectivity index (χ2n) is 7.30. The molecule has 1 aliphatic rings. The second-order valence-corrected chi connectivity index (χ2v) is 7.30. The van der Waals surface area contributed by atoms with Gasteiger partial charge in [0.25, 0.3) is 5.91 Å². The van der Waals surface area contributed by atoms with Gasteiger partial charge >= 0.3 is 5.97 Å². The Labute approximate surface area is 154 Å². The molecular weight excluding hydrogens is 328 g/mol. The summed E-state index contributed by atoms with van der Waals surface area (Å²) < 4.78 is 5.22. The smallest absolute Gasteiger partial charge is 0.306 e. The molecule has 1 aromatic carbocycles. The molecule has 0 bridgehead atoms. The first kappa shape index (κ1) is 18.5. The number of nitrogens with one attached hydrogen (secondary N) is 1. The maximum Gasteiger partial charge on any atom is 0.306 e. The standard InChI is InChI=1S/C21H28N2O3/c1-15-7-5-8-16(2)23(15)20(24)14-26-21(25)12-6-9-17-13-22-19-11-4-3-10-18(17)19/h3-4,10-11,13,15-16,22H,5-9,12,14H2,1-2H3/t15-,16-/m0/s1. The number of likely N-dealkylation sites (tertiary alicyclic amines) is 1. The first-order valence-corrected chi connectivity index (χ1v) is 9.58. The van der Waals surface area contributed by atoms with Crippen molar-refractivity contribution < 1.29 is 14.3 Å². The summed E-state index contributed by atoms with van der Waals surface area (Å²) in [5.41, 5.74) is 2.32. The number of benzene rings is 1. The first-order chi connectivity index (χ1) is 12.6. The van der Waals surface area contributed by atoms with Gasteiger partial charge in [-0.25, -0.2) is 0 Å². The van der Waals surface area contributed by atoms with Gasteiger partial charge < -0.3 is 14.6 Å². The van der Waals surface area contributed by atoms with Crippen molar-refractivity contribution in [2.75, 3.05) is 6.61 Å². The quantitative estimate of drug-likeness (QED) is 0.800. The molecule has 0 radical (unpaired) electrons. The highest BCUT2D eigenvalue weighted by Gasteiger charge is 2.29. The summed E-state index contributed by atoms with van der Waals surface area (Å²) >= 11 is 0. The Bertz CT molecular complexity index is 757. The molecule has 3 rings (SSSR count). The number of aryl methyl sites for hydroxylation is 1. The summed E-state index contributed by atoms with van der Waals surface area (Å²) in [6, 6.07) is 8.60. The lowest BCUT2D eigenvalue weighted by molar-refractivity contribution is -0.154. The highest BCUT2D eigenvalue weighted by Crippen LogP contribution is 2.23. The van der Waals surface area contributed by atoms with Gasteiger partial charge in [0, 0.05) is 35.6 Å². The number of amides is 1. The number of piperidine rings is 1. The van der Waals surface area contributed by atoms with Gasteiger partial charge in [0.1, 0.15) is 0 Å². The molecule has 1 aliphatic heterocycles. The van der Waals surface area contributed by atoms with Crippen molar-refractivity contribution in [3.8, 4) is 0 Å². The number of nitrogens with zero attached hydrogens (tertiary/aromatic N) is 1. The largest absolute Gasteiger partial charge is 0.456 e. The molecule has 140 valence electrons. The number of hydrogen-bond donors (Lipinski definition) is 1. The minimum atomic E-state index is -0.296. The molecule has 0 unspecified atom stereocenters. The van der Waals surface area contributed by atoms with Crippen LogP contribution in [0.25, 0.3) is 10.9 Å². The van der Waals surface area contributed by atoms with E-state index < -0.39 is 0 Å². The van der Waals surface area contributed by atoms with E-state index in [2.05, 4.69) is 24.9 Å². The maximum atomic E-state index is 12.4. The summed E-state index contributed by atoms with van der Waals surface area (Å²) in [6.07, 6.45) is 7.05. The summed E-state index contributed by atoms with van der Waals surface area (Å²) in [5, 5.41) is 1.20. The number of rotatable bonds is 6. The number of esters is 1. The second kappa shape index (κ2) is 8.39. The molecule has 2 heterocycles. The minimum Gasteiger partial charge on any atom is -0.456 e. The van der Waals surface area contributed by atoms with Crippen LogP contribution in [-0.4, -0.2) is 40.5 Å². The zero-order valence-corrected chi connectivity index (χ0v) is 15.7. The predicted molar refractivity (Wildman–Crippen MR) is 102 cm³/mol. The Morgan fingerprint density at radius 2 is 1.92 bits per heavy atom. The molecule has 1 aromatic heterocycles. The van der Waals surface area contributed by atoms with Gasteiger partial charge in [-0.05, 0) is 57.6 Å². The summed E-state index contributed by atoms with van der Waals surface area (Å²) in [4.78, 5) is 29.5. The van der Waals surface area contributed by atoms with Crippen LogP contribution < -0.4 is 0 Å². The van der Waals surface area contributed by atoms with Crippen LogP contribution in [0, 0.1) is 0 Å². The lowest BCUT2D eigenvalue weighted by Crippen LogP contribution is -2.49. The first-order valence-electron chi connectivity index (χ1n) is 9.58. The van der Waals surface area contributed by atoms with Crippen LogP contribution >= 0.6 is 0 Å². The van der Waals surface area contributed by atoms with E-state index in [0.29, 0.717) is 12.8 Å². The van der Waals surface area contributed by atoms with E-state index in [1.54, 1.807) is 0 Å². The number of para-hydroxylation sites is 1. The fourth-order valence-electron chi connectivity index (χ4n) is 3.96. The molecule has 0 spiro atoms. The molecule has 2 aromatic rings. The minimum absolute atomic E-state index is 0.0744. The van der Waals surface area contributed by atoms with Crippen LogP contribution in [-0.2, 0) is 20.7 Å². The number of hydrogen-bond acceptors (Lipinski definition) is 3. The summed E-state index contributed by atoms with van der Waals surface area (Å²) in [5.74, 6) is -0.370. The fourth-order valence-corrected chi connectivity index (χ4v) is 3.96. The predicted octanol–water partition coefficient (Wildman–Crippen LogP) is 3.82. The highest BCUT2D eigenvalue weighted by molar-refractivity contribution is 5.83. The van der Waals surface area contributed by atoms with Gasteiger partial charge in [0.2, 0.25) is 0 Å². The van der Waals surface area contributed by atoms with Gasteiger partial charge in [0.15, 0.2) is 6.61 Å². The third-order valence-electron chi connectivity index (χ3n) is 5.34. The molecule has 0 aliphatic carbocycles. The highest BCUT2D eigenvalue weighted by atomic mass is 16.5. The third-order valence-corrected chi connectivity index (χ3v) is 5.34. The molecule has 1 N–H and O–H groups in total. The van der Waals surface area contributed by atoms with Crippen molar-refractivity contribution in [1.82, 2.24) is 9.88 Å². The van der Waals surface area contributed by atoms with Crippen LogP contribution in [0.1, 0.15) is 51.5 Å². The fraction of sp³-hybridized carbons (Fsp3) is 0.524.